The number of alkyl halides is 3. The van der Waals surface area contributed by atoms with Crippen molar-refractivity contribution in [3.8, 4) is 0 Å². The van der Waals surface area contributed by atoms with Crippen LogP contribution in [-0.2, 0) is 12.6 Å². The summed E-state index contributed by atoms with van der Waals surface area (Å²) in [4.78, 5) is 18.5. The predicted molar refractivity (Wildman–Crippen MR) is 119 cm³/mol. The van der Waals surface area contributed by atoms with Crippen LogP contribution in [0.3, 0.4) is 0 Å². The topological polar surface area (TPSA) is 65.5 Å². The first kappa shape index (κ1) is 24.4. The molecule has 10 heteroatoms. The fourth-order valence-electron chi connectivity index (χ4n) is 3.39. The van der Waals surface area contributed by atoms with Gasteiger partial charge in [0.2, 0.25) is 0 Å². The van der Waals surface area contributed by atoms with E-state index in [-0.39, 0.29) is 12.3 Å². The van der Waals surface area contributed by atoms with E-state index < -0.39 is 22.8 Å². The highest BCUT2D eigenvalue weighted by Crippen LogP contribution is 2.36. The number of urea groups is 1. The first-order valence-electron chi connectivity index (χ1n) is 10.1. The number of amides is 2. The van der Waals surface area contributed by atoms with E-state index in [0.29, 0.717) is 30.2 Å². The van der Waals surface area contributed by atoms with Gasteiger partial charge in [0.05, 0.1) is 21.3 Å². The Morgan fingerprint density at radius 3 is 2.56 bits per heavy atom. The second-order valence-corrected chi connectivity index (χ2v) is 8.22. The summed E-state index contributed by atoms with van der Waals surface area (Å²) in [5.74, 6) is 0. The number of anilines is 1. The monoisotopic (exact) mass is 487 g/mol. The maximum atomic E-state index is 12.8. The molecule has 1 aliphatic rings. The largest absolute Gasteiger partial charge is 0.417 e. The molecule has 2 aromatic rings. The summed E-state index contributed by atoms with van der Waals surface area (Å²) in [6.07, 6.45) is 1.98. The molecule has 0 bridgehead atoms. The number of carbonyl (C=O) groups is 1. The third-order valence-corrected chi connectivity index (χ3v) is 5.70. The highest BCUT2D eigenvalue weighted by molar-refractivity contribution is 6.32. The molecule has 32 heavy (non-hydrogen) atoms. The summed E-state index contributed by atoms with van der Waals surface area (Å²) in [6, 6.07) is 4.53. The maximum absolute atomic E-state index is 12.8. The number of aliphatic hydroxyl groups excluding tert-OH is 1. The highest BCUT2D eigenvalue weighted by atomic mass is 35.5. The summed E-state index contributed by atoms with van der Waals surface area (Å²) in [5, 5.41) is 11.5. The quantitative estimate of drug-likeness (QED) is 0.487. The van der Waals surface area contributed by atoms with Crippen LogP contribution < -0.4 is 5.32 Å². The summed E-state index contributed by atoms with van der Waals surface area (Å²) < 4.78 is 38.5. The molecule has 1 aromatic heterocycles. The van der Waals surface area contributed by atoms with Crippen LogP contribution in [0.25, 0.3) is 5.57 Å². The van der Waals surface area contributed by atoms with Crippen LogP contribution >= 0.6 is 23.2 Å². The van der Waals surface area contributed by atoms with Crippen LogP contribution in [-0.4, -0.2) is 40.7 Å². The van der Waals surface area contributed by atoms with Crippen molar-refractivity contribution in [2.45, 2.75) is 31.9 Å². The zero-order chi connectivity index (χ0) is 23.3. The van der Waals surface area contributed by atoms with Crippen LogP contribution in [0.2, 0.25) is 10.0 Å². The van der Waals surface area contributed by atoms with Gasteiger partial charge in [-0.05, 0) is 61.1 Å². The second kappa shape index (κ2) is 10.6. The molecule has 2 heterocycles. The molecule has 1 aliphatic heterocycles. The van der Waals surface area contributed by atoms with E-state index in [1.54, 1.807) is 6.20 Å². The molecule has 0 fully saturated rings. The summed E-state index contributed by atoms with van der Waals surface area (Å²) in [5.41, 5.74) is 1.83. The SMILES string of the molecule is O=C(Nc1ccc(C(F)(F)F)c(Cl)c1)N1CC=C(c2ncc(CCCCO)cc2Cl)CC1. The molecule has 2 N–H and O–H groups in total. The van der Waals surface area contributed by atoms with Gasteiger partial charge in [-0.1, -0.05) is 29.3 Å². The molecule has 0 saturated carbocycles. The molecule has 0 spiro atoms. The van der Waals surface area contributed by atoms with Crippen LogP contribution in [0.4, 0.5) is 23.7 Å². The number of aromatic nitrogens is 1. The molecule has 5 nitrogen and oxygen atoms in total. The van der Waals surface area contributed by atoms with Crippen LogP contribution in [0.15, 0.2) is 36.5 Å². The Kier molecular flexibility index (Phi) is 8.03. The smallest absolute Gasteiger partial charge is 0.396 e. The number of hydrogen-bond donors (Lipinski definition) is 2. The van der Waals surface area contributed by atoms with Crippen molar-refractivity contribution in [3.63, 3.8) is 0 Å². The molecule has 172 valence electrons. The third kappa shape index (κ3) is 6.15. The molecule has 0 atom stereocenters. The van der Waals surface area contributed by atoms with Crippen molar-refractivity contribution >= 4 is 40.5 Å². The zero-order valence-electron chi connectivity index (χ0n) is 17.1. The minimum atomic E-state index is -4.55. The summed E-state index contributed by atoms with van der Waals surface area (Å²) in [7, 11) is 0. The molecule has 0 saturated heterocycles. The van der Waals surface area contributed by atoms with Gasteiger partial charge in [0.1, 0.15) is 0 Å². The normalized spacial score (nSPS) is 14.3. The highest BCUT2D eigenvalue weighted by Gasteiger charge is 2.33. The predicted octanol–water partition coefficient (Wildman–Crippen LogP) is 6.04. The van der Waals surface area contributed by atoms with Crippen molar-refractivity contribution in [3.05, 3.63) is 63.4 Å². The zero-order valence-corrected chi connectivity index (χ0v) is 18.6. The van der Waals surface area contributed by atoms with Crippen LogP contribution in [0.1, 0.15) is 36.1 Å². The van der Waals surface area contributed by atoms with Crippen LogP contribution in [0.5, 0.6) is 0 Å². The first-order chi connectivity index (χ1) is 15.2. The number of nitrogens with zero attached hydrogens (tertiary/aromatic N) is 2. The van der Waals surface area contributed by atoms with Crippen molar-refractivity contribution in [1.82, 2.24) is 9.88 Å². The third-order valence-electron chi connectivity index (χ3n) is 5.10. The minimum Gasteiger partial charge on any atom is -0.396 e. The molecular weight excluding hydrogens is 466 g/mol. The molecule has 0 radical (unpaired) electrons. The molecule has 0 aliphatic carbocycles. The Labute approximate surface area is 193 Å². The van der Waals surface area contributed by atoms with Crippen LogP contribution in [0, 0.1) is 0 Å². The fourth-order valence-corrected chi connectivity index (χ4v) is 3.98. The lowest BCUT2D eigenvalue weighted by molar-refractivity contribution is -0.137. The number of benzene rings is 1. The molecular formula is C22H22Cl2F3N3O2. The van der Waals surface area contributed by atoms with Gasteiger partial charge in [-0.25, -0.2) is 4.79 Å². The maximum Gasteiger partial charge on any atom is 0.417 e. The van der Waals surface area contributed by atoms with E-state index in [0.717, 1.165) is 42.5 Å². The Morgan fingerprint density at radius 1 is 1.19 bits per heavy atom. The molecule has 2 amide bonds. The number of pyridine rings is 1. The van der Waals surface area contributed by atoms with Crippen molar-refractivity contribution in [2.24, 2.45) is 0 Å². The number of aryl methyl sites for hydroxylation is 1. The van der Waals surface area contributed by atoms with Crippen molar-refractivity contribution in [2.75, 3.05) is 25.0 Å². The average molecular weight is 488 g/mol. The number of halogens is 5. The standard InChI is InChI=1S/C22H22Cl2F3N3O2/c23-18-12-16(4-5-17(18)22(25,26)27)29-21(32)30-8-6-15(7-9-30)20-19(24)11-14(13-28-20)3-1-2-10-31/h4-6,11-13,31H,1-3,7-10H2,(H,29,32). The van der Waals surface area contributed by atoms with Gasteiger partial charge in [-0.15, -0.1) is 0 Å². The molecule has 0 unspecified atom stereocenters. The van der Waals surface area contributed by atoms with E-state index >= 15 is 0 Å². The van der Waals surface area contributed by atoms with E-state index in [9.17, 15) is 18.0 Å². The van der Waals surface area contributed by atoms with Gasteiger partial charge < -0.3 is 15.3 Å². The Hall–Kier alpha value is -2.29. The summed E-state index contributed by atoms with van der Waals surface area (Å²) >= 11 is 12.1. The number of unbranched alkanes of at least 4 members (excludes halogenated alkanes) is 1. The Morgan fingerprint density at radius 2 is 1.97 bits per heavy atom. The van der Waals surface area contributed by atoms with Gasteiger partial charge in [-0.3, -0.25) is 4.98 Å². The van der Waals surface area contributed by atoms with E-state index in [2.05, 4.69) is 10.3 Å². The first-order valence-corrected chi connectivity index (χ1v) is 10.8. The van der Waals surface area contributed by atoms with Gasteiger partial charge in [0.25, 0.3) is 0 Å². The lowest BCUT2D eigenvalue weighted by Gasteiger charge is -2.27. The number of hydrogen-bond acceptors (Lipinski definition) is 3. The lowest BCUT2D eigenvalue weighted by atomic mass is 10.0. The van der Waals surface area contributed by atoms with Crippen molar-refractivity contribution in [1.29, 1.82) is 0 Å². The second-order valence-electron chi connectivity index (χ2n) is 7.40. The average Bonchev–Trinajstić information content (AvgIpc) is 2.73. The van der Waals surface area contributed by atoms with E-state index in [1.807, 2.05) is 12.1 Å². The molecule has 1 aromatic carbocycles. The van der Waals surface area contributed by atoms with Gasteiger partial charge in [0, 0.05) is 31.6 Å². The number of aliphatic hydroxyl groups is 1. The Bertz CT molecular complexity index is 1010. The minimum absolute atomic E-state index is 0.155. The number of rotatable bonds is 6. The van der Waals surface area contributed by atoms with Crippen molar-refractivity contribution < 1.29 is 23.1 Å². The van der Waals surface area contributed by atoms with Gasteiger partial charge >= 0.3 is 12.2 Å². The number of nitrogens with one attached hydrogen (secondary N) is 1. The summed E-state index contributed by atoms with van der Waals surface area (Å²) in [6.45, 7) is 0.871. The van der Waals surface area contributed by atoms with Gasteiger partial charge in [-0.2, -0.15) is 13.2 Å². The Balaban J connectivity index is 1.61. The molecule has 3 rings (SSSR count). The van der Waals surface area contributed by atoms with E-state index in [4.69, 9.17) is 28.3 Å². The number of carbonyl (C=O) groups excluding carboxylic acids is 1. The fraction of sp³-hybridized carbons (Fsp3) is 0.364. The van der Waals surface area contributed by atoms with Gasteiger partial charge in [0.15, 0.2) is 0 Å². The lowest BCUT2D eigenvalue weighted by Crippen LogP contribution is -2.38. The van der Waals surface area contributed by atoms with E-state index in [1.165, 1.54) is 11.0 Å².